The molecule has 150 valence electrons. The summed E-state index contributed by atoms with van der Waals surface area (Å²) in [5, 5.41) is 0. The zero-order chi connectivity index (χ0) is 20.0. The molecule has 1 aliphatic rings. The number of benzene rings is 1. The maximum atomic E-state index is 12.4. The first kappa shape index (κ1) is 21.2. The van der Waals surface area contributed by atoms with Gasteiger partial charge in [-0.3, -0.25) is 9.59 Å². The predicted molar refractivity (Wildman–Crippen MR) is 102 cm³/mol. The Hall–Kier alpha value is -2.13. The number of methoxy groups -OCH3 is 1. The minimum Gasteiger partial charge on any atom is -0.497 e. The van der Waals surface area contributed by atoms with E-state index in [2.05, 4.69) is 0 Å². The molecule has 0 radical (unpaired) electrons. The number of carbonyl (C=O) groups is 2. The van der Waals surface area contributed by atoms with Gasteiger partial charge in [-0.2, -0.15) is 4.31 Å². The van der Waals surface area contributed by atoms with Crippen LogP contribution < -0.4 is 4.74 Å². The van der Waals surface area contributed by atoms with Gasteiger partial charge in [0.05, 0.1) is 13.4 Å². The van der Waals surface area contributed by atoms with Gasteiger partial charge in [0.1, 0.15) is 5.75 Å². The lowest BCUT2D eigenvalue weighted by Crippen LogP contribution is -2.50. The molecule has 27 heavy (non-hydrogen) atoms. The Labute approximate surface area is 160 Å². The lowest BCUT2D eigenvalue weighted by Gasteiger charge is -2.34. The standard InChI is InChI=1S/C18H27N3O5S/c1-15(22)19-10-12-20(13-11-19)18(23)8-9-21(27(3,24)25)14-16-4-6-17(26-2)7-5-16/h4-7H,8-14H2,1-3H3. The van der Waals surface area contributed by atoms with E-state index in [9.17, 15) is 18.0 Å². The van der Waals surface area contributed by atoms with E-state index < -0.39 is 10.0 Å². The molecule has 1 saturated heterocycles. The molecule has 0 unspecified atom stereocenters. The highest BCUT2D eigenvalue weighted by Crippen LogP contribution is 2.15. The van der Waals surface area contributed by atoms with Crippen LogP contribution in [0.25, 0.3) is 0 Å². The van der Waals surface area contributed by atoms with Gasteiger partial charge in [-0.05, 0) is 17.7 Å². The molecule has 0 aromatic heterocycles. The first-order chi connectivity index (χ1) is 12.7. The van der Waals surface area contributed by atoms with Crippen molar-refractivity contribution in [3.63, 3.8) is 0 Å². The summed E-state index contributed by atoms with van der Waals surface area (Å²) in [5.74, 6) is 0.607. The molecule has 9 heteroatoms. The van der Waals surface area contributed by atoms with E-state index in [1.54, 1.807) is 41.2 Å². The quantitative estimate of drug-likeness (QED) is 0.670. The van der Waals surface area contributed by atoms with Crippen LogP contribution in [-0.2, 0) is 26.2 Å². The Morgan fingerprint density at radius 2 is 1.63 bits per heavy atom. The molecule has 8 nitrogen and oxygen atoms in total. The minimum atomic E-state index is -3.45. The molecule has 1 heterocycles. The third-order valence-electron chi connectivity index (χ3n) is 4.64. The zero-order valence-corrected chi connectivity index (χ0v) is 16.9. The van der Waals surface area contributed by atoms with Gasteiger partial charge in [-0.1, -0.05) is 12.1 Å². The smallest absolute Gasteiger partial charge is 0.224 e. The van der Waals surface area contributed by atoms with E-state index in [1.807, 2.05) is 0 Å². The number of ether oxygens (including phenoxy) is 1. The van der Waals surface area contributed by atoms with Crippen LogP contribution in [0.4, 0.5) is 0 Å². The maximum Gasteiger partial charge on any atom is 0.224 e. The second-order valence-corrected chi connectivity index (χ2v) is 8.56. The third kappa shape index (κ3) is 6.21. The van der Waals surface area contributed by atoms with Gasteiger partial charge in [0, 0.05) is 52.6 Å². The molecule has 0 N–H and O–H groups in total. The van der Waals surface area contributed by atoms with E-state index in [0.717, 1.165) is 11.8 Å². The highest BCUT2D eigenvalue weighted by Gasteiger charge is 2.24. The van der Waals surface area contributed by atoms with Crippen LogP contribution in [-0.4, -0.2) is 80.4 Å². The van der Waals surface area contributed by atoms with E-state index in [0.29, 0.717) is 31.9 Å². The fourth-order valence-electron chi connectivity index (χ4n) is 2.95. The van der Waals surface area contributed by atoms with Crippen molar-refractivity contribution in [3.05, 3.63) is 29.8 Å². The molecule has 0 atom stereocenters. The molecule has 2 rings (SSSR count). The number of hydrogen-bond donors (Lipinski definition) is 0. The van der Waals surface area contributed by atoms with Crippen molar-refractivity contribution in [2.45, 2.75) is 19.9 Å². The Balaban J connectivity index is 1.92. The van der Waals surface area contributed by atoms with Crippen LogP contribution in [0.1, 0.15) is 18.9 Å². The second kappa shape index (κ2) is 9.18. The van der Waals surface area contributed by atoms with E-state index >= 15 is 0 Å². The Morgan fingerprint density at radius 3 is 2.11 bits per heavy atom. The number of rotatable bonds is 7. The molecule has 0 bridgehead atoms. The summed E-state index contributed by atoms with van der Waals surface area (Å²) in [6, 6.07) is 7.16. The molecular weight excluding hydrogens is 370 g/mol. The molecule has 2 amide bonds. The van der Waals surface area contributed by atoms with Crippen LogP contribution in [0, 0.1) is 0 Å². The second-order valence-electron chi connectivity index (χ2n) is 6.58. The minimum absolute atomic E-state index is 0.00448. The van der Waals surface area contributed by atoms with Crippen LogP contribution in [0.5, 0.6) is 5.75 Å². The highest BCUT2D eigenvalue weighted by atomic mass is 32.2. The summed E-state index contributed by atoms with van der Waals surface area (Å²) in [6.45, 7) is 3.84. The lowest BCUT2D eigenvalue weighted by molar-refractivity contribution is -0.138. The predicted octanol–water partition coefficient (Wildman–Crippen LogP) is 0.538. The molecule has 1 aromatic carbocycles. The van der Waals surface area contributed by atoms with Crippen molar-refractivity contribution < 1.29 is 22.7 Å². The lowest BCUT2D eigenvalue weighted by atomic mass is 10.2. The van der Waals surface area contributed by atoms with Crippen molar-refractivity contribution in [1.82, 2.24) is 14.1 Å². The van der Waals surface area contributed by atoms with Crippen molar-refractivity contribution in [3.8, 4) is 5.75 Å². The van der Waals surface area contributed by atoms with Gasteiger partial charge >= 0.3 is 0 Å². The Bertz CT molecular complexity index is 756. The summed E-state index contributed by atoms with van der Waals surface area (Å²) >= 11 is 0. The van der Waals surface area contributed by atoms with Crippen LogP contribution in [0.3, 0.4) is 0 Å². The van der Waals surface area contributed by atoms with Gasteiger partial charge < -0.3 is 14.5 Å². The van der Waals surface area contributed by atoms with Crippen molar-refractivity contribution in [2.75, 3.05) is 46.1 Å². The summed E-state index contributed by atoms with van der Waals surface area (Å²) in [6.07, 6.45) is 1.26. The summed E-state index contributed by atoms with van der Waals surface area (Å²) in [7, 11) is -1.88. The fourth-order valence-corrected chi connectivity index (χ4v) is 3.75. The molecule has 0 spiro atoms. The first-order valence-corrected chi connectivity index (χ1v) is 10.7. The Kier molecular flexibility index (Phi) is 7.20. The maximum absolute atomic E-state index is 12.4. The van der Waals surface area contributed by atoms with Gasteiger partial charge in [0.15, 0.2) is 0 Å². The molecule has 1 aromatic rings. The average Bonchev–Trinajstić information content (AvgIpc) is 2.64. The number of hydrogen-bond acceptors (Lipinski definition) is 5. The zero-order valence-electron chi connectivity index (χ0n) is 16.1. The van der Waals surface area contributed by atoms with Crippen LogP contribution in [0.15, 0.2) is 24.3 Å². The van der Waals surface area contributed by atoms with E-state index in [-0.39, 0.29) is 31.3 Å². The molecule has 0 aliphatic carbocycles. The van der Waals surface area contributed by atoms with Gasteiger partial charge in [-0.15, -0.1) is 0 Å². The monoisotopic (exact) mass is 397 g/mol. The van der Waals surface area contributed by atoms with Crippen molar-refractivity contribution in [1.29, 1.82) is 0 Å². The average molecular weight is 397 g/mol. The SMILES string of the molecule is COc1ccc(CN(CCC(=O)N2CCN(C(C)=O)CC2)S(C)(=O)=O)cc1. The van der Waals surface area contributed by atoms with E-state index in [4.69, 9.17) is 4.74 Å². The van der Waals surface area contributed by atoms with Crippen molar-refractivity contribution in [2.24, 2.45) is 0 Å². The highest BCUT2D eigenvalue weighted by molar-refractivity contribution is 7.88. The topological polar surface area (TPSA) is 87.2 Å². The Morgan fingerprint density at radius 1 is 1.07 bits per heavy atom. The first-order valence-electron chi connectivity index (χ1n) is 8.82. The molecule has 1 aliphatic heterocycles. The number of nitrogens with zero attached hydrogens (tertiary/aromatic N) is 3. The van der Waals surface area contributed by atoms with Crippen LogP contribution in [0.2, 0.25) is 0 Å². The molecular formula is C18H27N3O5S. The third-order valence-corrected chi connectivity index (χ3v) is 5.89. The van der Waals surface area contributed by atoms with Gasteiger partial charge in [-0.25, -0.2) is 8.42 Å². The summed E-state index contributed by atoms with van der Waals surface area (Å²) < 4.78 is 30.6. The molecule has 0 saturated carbocycles. The number of sulfonamides is 1. The fraction of sp³-hybridized carbons (Fsp3) is 0.556. The van der Waals surface area contributed by atoms with Crippen molar-refractivity contribution >= 4 is 21.8 Å². The summed E-state index contributed by atoms with van der Waals surface area (Å²) in [4.78, 5) is 27.2. The summed E-state index contributed by atoms with van der Waals surface area (Å²) in [5.41, 5.74) is 0.823. The van der Waals surface area contributed by atoms with E-state index in [1.165, 1.54) is 11.2 Å². The normalized spacial score (nSPS) is 15.1. The number of piperazine rings is 1. The van der Waals surface area contributed by atoms with Gasteiger partial charge in [0.25, 0.3) is 0 Å². The number of carbonyl (C=O) groups excluding carboxylic acids is 2. The number of amides is 2. The van der Waals surface area contributed by atoms with Gasteiger partial charge in [0.2, 0.25) is 21.8 Å². The van der Waals surface area contributed by atoms with Crippen LogP contribution >= 0.6 is 0 Å². The largest absolute Gasteiger partial charge is 0.497 e. The molecule has 1 fully saturated rings.